The molecule has 0 bridgehead atoms. The van der Waals surface area contributed by atoms with Crippen molar-refractivity contribution < 1.29 is 0 Å². The second-order valence-corrected chi connectivity index (χ2v) is 4.32. The minimum Gasteiger partial charge on any atom is -0.383 e. The van der Waals surface area contributed by atoms with Gasteiger partial charge >= 0.3 is 0 Å². The van der Waals surface area contributed by atoms with Crippen LogP contribution in [0.1, 0.15) is 11.3 Å². The predicted octanol–water partition coefficient (Wildman–Crippen LogP) is 2.83. The van der Waals surface area contributed by atoms with Gasteiger partial charge in [0, 0.05) is 0 Å². The van der Waals surface area contributed by atoms with Crippen molar-refractivity contribution in [2.75, 3.05) is 5.73 Å². The molecular weight excluding hydrogens is 254 g/mol. The first-order chi connectivity index (χ1) is 7.09. The fourth-order valence-corrected chi connectivity index (χ4v) is 1.66. The zero-order valence-corrected chi connectivity index (χ0v) is 10.2. The Morgan fingerprint density at radius 1 is 1.20 bits per heavy atom. The van der Waals surface area contributed by atoms with Crippen LogP contribution in [0.2, 0.25) is 0 Å². The quantitative estimate of drug-likeness (QED) is 0.862. The lowest BCUT2D eigenvalue weighted by Crippen LogP contribution is -2.01. The van der Waals surface area contributed by atoms with Gasteiger partial charge in [-0.05, 0) is 41.9 Å². The summed E-state index contributed by atoms with van der Waals surface area (Å²) >= 11 is 3.40. The van der Waals surface area contributed by atoms with E-state index < -0.39 is 0 Å². The van der Waals surface area contributed by atoms with Crippen LogP contribution in [0.3, 0.4) is 0 Å². The molecule has 3 nitrogen and oxygen atoms in total. The molecule has 4 heteroatoms. The highest BCUT2D eigenvalue weighted by atomic mass is 79.9. The van der Waals surface area contributed by atoms with E-state index in [1.165, 1.54) is 5.56 Å². The van der Waals surface area contributed by atoms with Gasteiger partial charge in [0.15, 0.2) is 0 Å². The summed E-state index contributed by atoms with van der Waals surface area (Å²) in [6, 6.07) is 8.09. The standard InChI is InChI=1S/C11H12BrN3/c1-7-3-5-9(6-4-7)15-11(13)10(12)8(2)14-15/h3-6H,13H2,1-2H3. The van der Waals surface area contributed by atoms with Crippen molar-refractivity contribution in [3.8, 4) is 5.69 Å². The average molecular weight is 266 g/mol. The molecule has 78 valence electrons. The Balaban J connectivity index is 2.54. The van der Waals surface area contributed by atoms with Crippen LogP contribution in [0, 0.1) is 13.8 Å². The van der Waals surface area contributed by atoms with Crippen LogP contribution in [-0.4, -0.2) is 9.78 Å². The molecule has 0 aliphatic heterocycles. The highest BCUT2D eigenvalue weighted by Gasteiger charge is 2.10. The van der Waals surface area contributed by atoms with Gasteiger partial charge in [0.05, 0.1) is 15.9 Å². The summed E-state index contributed by atoms with van der Waals surface area (Å²) < 4.78 is 2.60. The summed E-state index contributed by atoms with van der Waals surface area (Å²) in [5, 5.41) is 4.35. The highest BCUT2D eigenvalue weighted by molar-refractivity contribution is 9.10. The van der Waals surface area contributed by atoms with Crippen molar-refractivity contribution in [1.29, 1.82) is 0 Å². The summed E-state index contributed by atoms with van der Waals surface area (Å²) in [6.07, 6.45) is 0. The number of nitrogens with two attached hydrogens (primary N) is 1. The number of nitrogens with zero attached hydrogens (tertiary/aromatic N) is 2. The maximum absolute atomic E-state index is 5.93. The van der Waals surface area contributed by atoms with Crippen LogP contribution >= 0.6 is 15.9 Å². The third-order valence-corrected chi connectivity index (χ3v) is 3.28. The molecule has 0 fully saturated rings. The molecule has 1 aromatic heterocycles. The Labute approximate surface area is 97.0 Å². The second-order valence-electron chi connectivity index (χ2n) is 3.53. The molecule has 0 unspecified atom stereocenters. The fraction of sp³-hybridized carbons (Fsp3) is 0.182. The Morgan fingerprint density at radius 2 is 1.80 bits per heavy atom. The smallest absolute Gasteiger partial charge is 0.141 e. The van der Waals surface area contributed by atoms with E-state index in [1.807, 2.05) is 31.2 Å². The lowest BCUT2D eigenvalue weighted by atomic mass is 10.2. The number of hydrogen-bond acceptors (Lipinski definition) is 2. The molecule has 0 radical (unpaired) electrons. The molecule has 1 aromatic carbocycles. The largest absolute Gasteiger partial charge is 0.383 e. The molecule has 0 saturated carbocycles. The van der Waals surface area contributed by atoms with Gasteiger partial charge in [-0.2, -0.15) is 5.10 Å². The first-order valence-corrected chi connectivity index (χ1v) is 5.46. The number of aryl methyl sites for hydroxylation is 2. The van der Waals surface area contributed by atoms with Crippen LogP contribution in [-0.2, 0) is 0 Å². The average Bonchev–Trinajstić information content (AvgIpc) is 2.47. The Hall–Kier alpha value is -1.29. The SMILES string of the molecule is Cc1ccc(-n2nc(C)c(Br)c2N)cc1. The van der Waals surface area contributed by atoms with E-state index in [2.05, 4.69) is 28.0 Å². The van der Waals surface area contributed by atoms with Gasteiger partial charge in [-0.1, -0.05) is 17.7 Å². The van der Waals surface area contributed by atoms with Crippen LogP contribution in [0.5, 0.6) is 0 Å². The molecule has 15 heavy (non-hydrogen) atoms. The normalized spacial score (nSPS) is 10.6. The maximum Gasteiger partial charge on any atom is 0.141 e. The number of hydrogen-bond donors (Lipinski definition) is 1. The lowest BCUT2D eigenvalue weighted by molar-refractivity contribution is 0.871. The first-order valence-electron chi connectivity index (χ1n) is 4.67. The number of nitrogen functional groups attached to an aromatic ring is 1. The van der Waals surface area contributed by atoms with Crippen molar-refractivity contribution >= 4 is 21.7 Å². The third-order valence-electron chi connectivity index (χ3n) is 2.30. The van der Waals surface area contributed by atoms with Gasteiger partial charge in [-0.3, -0.25) is 0 Å². The summed E-state index contributed by atoms with van der Waals surface area (Å²) in [5.74, 6) is 0.636. The van der Waals surface area contributed by atoms with E-state index in [1.54, 1.807) is 4.68 Å². The van der Waals surface area contributed by atoms with Gasteiger partial charge in [-0.25, -0.2) is 4.68 Å². The topological polar surface area (TPSA) is 43.8 Å². The Morgan fingerprint density at radius 3 is 2.27 bits per heavy atom. The number of halogens is 1. The molecule has 0 aliphatic rings. The number of aromatic nitrogens is 2. The molecular formula is C11H12BrN3. The summed E-state index contributed by atoms with van der Waals surface area (Å²) in [7, 11) is 0. The number of anilines is 1. The molecule has 2 N–H and O–H groups in total. The van der Waals surface area contributed by atoms with Crippen LogP contribution in [0.25, 0.3) is 5.69 Å². The van der Waals surface area contributed by atoms with Crippen molar-refractivity contribution in [2.45, 2.75) is 13.8 Å². The number of benzene rings is 1. The van der Waals surface area contributed by atoms with E-state index in [4.69, 9.17) is 5.73 Å². The second kappa shape index (κ2) is 3.70. The van der Waals surface area contributed by atoms with Gasteiger partial charge in [0.2, 0.25) is 0 Å². The first kappa shape index (κ1) is 10.2. The minimum atomic E-state index is 0.636. The zero-order valence-electron chi connectivity index (χ0n) is 8.66. The van der Waals surface area contributed by atoms with Crippen LogP contribution in [0.15, 0.2) is 28.7 Å². The molecule has 0 aliphatic carbocycles. The van der Waals surface area contributed by atoms with E-state index in [9.17, 15) is 0 Å². The molecule has 0 spiro atoms. The fourth-order valence-electron chi connectivity index (χ4n) is 1.41. The lowest BCUT2D eigenvalue weighted by Gasteiger charge is -2.03. The van der Waals surface area contributed by atoms with E-state index in [-0.39, 0.29) is 0 Å². The van der Waals surface area contributed by atoms with Crippen molar-refractivity contribution in [2.24, 2.45) is 0 Å². The number of rotatable bonds is 1. The van der Waals surface area contributed by atoms with Gasteiger partial charge in [-0.15, -0.1) is 0 Å². The monoisotopic (exact) mass is 265 g/mol. The molecule has 0 atom stereocenters. The highest BCUT2D eigenvalue weighted by Crippen LogP contribution is 2.25. The van der Waals surface area contributed by atoms with Crippen LogP contribution < -0.4 is 5.73 Å². The van der Waals surface area contributed by atoms with Gasteiger partial charge in [0.1, 0.15) is 5.82 Å². The van der Waals surface area contributed by atoms with Crippen molar-refractivity contribution in [1.82, 2.24) is 9.78 Å². The molecule has 0 amide bonds. The maximum atomic E-state index is 5.93. The van der Waals surface area contributed by atoms with Gasteiger partial charge in [0.25, 0.3) is 0 Å². The Bertz CT molecular complexity index is 485. The molecule has 1 heterocycles. The summed E-state index contributed by atoms with van der Waals surface area (Å²) in [4.78, 5) is 0. The minimum absolute atomic E-state index is 0.636. The summed E-state index contributed by atoms with van der Waals surface area (Å²) in [5.41, 5.74) is 9.02. The molecule has 2 rings (SSSR count). The predicted molar refractivity (Wildman–Crippen MR) is 65.2 cm³/mol. The molecule has 2 aromatic rings. The van der Waals surface area contributed by atoms with Crippen molar-refractivity contribution in [3.63, 3.8) is 0 Å². The zero-order chi connectivity index (χ0) is 11.0. The van der Waals surface area contributed by atoms with E-state index in [0.717, 1.165) is 15.9 Å². The molecule has 0 saturated heterocycles. The third kappa shape index (κ3) is 1.77. The summed E-state index contributed by atoms with van der Waals surface area (Å²) in [6.45, 7) is 3.97. The van der Waals surface area contributed by atoms with Gasteiger partial charge < -0.3 is 5.73 Å². The Kier molecular flexibility index (Phi) is 2.52. The van der Waals surface area contributed by atoms with E-state index in [0.29, 0.717) is 5.82 Å². The van der Waals surface area contributed by atoms with E-state index >= 15 is 0 Å². The van der Waals surface area contributed by atoms with Crippen molar-refractivity contribution in [3.05, 3.63) is 40.0 Å². The van der Waals surface area contributed by atoms with Crippen LogP contribution in [0.4, 0.5) is 5.82 Å².